The van der Waals surface area contributed by atoms with Crippen molar-refractivity contribution in [2.24, 2.45) is 0 Å². The molecule has 0 spiro atoms. The monoisotopic (exact) mass is 482 g/mol. The van der Waals surface area contributed by atoms with Gasteiger partial charge < -0.3 is 15.0 Å². The van der Waals surface area contributed by atoms with Crippen LogP contribution in [0, 0.1) is 0 Å². The van der Waals surface area contributed by atoms with Crippen molar-refractivity contribution in [2.45, 2.75) is 51.2 Å². The number of nitrogens with zero attached hydrogens (tertiary/aromatic N) is 1. The highest BCUT2D eigenvalue weighted by Gasteiger charge is 2.29. The fraction of sp³-hybridized carbons (Fsp3) is 0.391. The second kappa shape index (κ2) is 11.1. The van der Waals surface area contributed by atoms with Crippen LogP contribution in [0.25, 0.3) is 0 Å². The number of halogens is 3. The number of para-hydroxylation sites is 1. The molecule has 3 rings (SSSR count). The highest BCUT2D eigenvalue weighted by molar-refractivity contribution is 6.42. The second-order valence-electron chi connectivity index (χ2n) is 7.66. The van der Waals surface area contributed by atoms with Crippen molar-refractivity contribution in [3.05, 3.63) is 63.1 Å². The maximum atomic E-state index is 13.1. The van der Waals surface area contributed by atoms with Crippen molar-refractivity contribution < 1.29 is 14.3 Å². The lowest BCUT2D eigenvalue weighted by Gasteiger charge is -2.29. The molecule has 1 aliphatic carbocycles. The van der Waals surface area contributed by atoms with Crippen LogP contribution >= 0.6 is 34.8 Å². The minimum atomic E-state index is -0.683. The van der Waals surface area contributed by atoms with Crippen LogP contribution in [0.1, 0.15) is 38.2 Å². The molecule has 1 atom stereocenters. The van der Waals surface area contributed by atoms with Crippen molar-refractivity contribution in [1.29, 1.82) is 0 Å². The lowest BCUT2D eigenvalue weighted by Crippen LogP contribution is -2.50. The number of amides is 2. The number of ether oxygens (including phenoxy) is 1. The molecule has 1 saturated carbocycles. The van der Waals surface area contributed by atoms with E-state index in [2.05, 4.69) is 5.32 Å². The van der Waals surface area contributed by atoms with Crippen LogP contribution in [0.2, 0.25) is 15.1 Å². The van der Waals surface area contributed by atoms with Gasteiger partial charge in [-0.2, -0.15) is 0 Å². The Hall–Kier alpha value is -1.95. The number of hydrogen-bond acceptors (Lipinski definition) is 3. The summed E-state index contributed by atoms with van der Waals surface area (Å²) < 4.78 is 5.62. The van der Waals surface area contributed by atoms with Gasteiger partial charge in [0.25, 0.3) is 5.91 Å². The van der Waals surface area contributed by atoms with Gasteiger partial charge in [0, 0.05) is 12.6 Å². The molecule has 0 saturated heterocycles. The number of carbonyl (C=O) groups excluding carboxylic acids is 2. The fourth-order valence-corrected chi connectivity index (χ4v) is 4.10. The normalized spacial score (nSPS) is 14.8. The van der Waals surface area contributed by atoms with Crippen molar-refractivity contribution >= 4 is 46.6 Å². The summed E-state index contributed by atoms with van der Waals surface area (Å²) in [5.74, 6) is -0.104. The Labute approximate surface area is 197 Å². The number of benzene rings is 2. The molecule has 1 aliphatic rings. The molecule has 0 heterocycles. The van der Waals surface area contributed by atoms with Gasteiger partial charge in [0.15, 0.2) is 6.61 Å². The van der Waals surface area contributed by atoms with Crippen molar-refractivity contribution in [2.75, 3.05) is 6.61 Å². The second-order valence-corrected chi connectivity index (χ2v) is 8.88. The molecule has 8 heteroatoms. The Morgan fingerprint density at radius 1 is 1.06 bits per heavy atom. The summed E-state index contributed by atoms with van der Waals surface area (Å²) in [5, 5.41) is 4.30. The summed E-state index contributed by atoms with van der Waals surface area (Å²) in [6.45, 7) is 1.67. The van der Waals surface area contributed by atoms with E-state index < -0.39 is 6.04 Å². The van der Waals surface area contributed by atoms with E-state index >= 15 is 0 Å². The third-order valence-corrected chi connectivity index (χ3v) is 6.44. The van der Waals surface area contributed by atoms with E-state index in [1.165, 1.54) is 4.90 Å². The smallest absolute Gasteiger partial charge is 0.261 e. The molecule has 2 aromatic carbocycles. The van der Waals surface area contributed by atoms with E-state index in [1.807, 2.05) is 0 Å². The predicted octanol–water partition coefficient (Wildman–Crippen LogP) is 5.50. The summed E-state index contributed by atoms with van der Waals surface area (Å²) in [6.07, 6.45) is 4.15. The molecular formula is C23H25Cl3N2O3. The first-order chi connectivity index (χ1) is 14.8. The number of nitrogens with one attached hydrogen (secondary N) is 1. The molecule has 0 bridgehead atoms. The number of rotatable bonds is 8. The zero-order chi connectivity index (χ0) is 22.4. The maximum Gasteiger partial charge on any atom is 0.261 e. The van der Waals surface area contributed by atoms with Crippen LogP contribution in [0.3, 0.4) is 0 Å². The van der Waals surface area contributed by atoms with E-state index in [-0.39, 0.29) is 31.0 Å². The van der Waals surface area contributed by atoms with Gasteiger partial charge in [-0.25, -0.2) is 0 Å². The third kappa shape index (κ3) is 6.52. The van der Waals surface area contributed by atoms with Crippen LogP contribution in [-0.4, -0.2) is 35.4 Å². The zero-order valence-corrected chi connectivity index (χ0v) is 19.5. The van der Waals surface area contributed by atoms with Gasteiger partial charge in [-0.15, -0.1) is 0 Å². The number of hydrogen-bond donors (Lipinski definition) is 1. The quantitative estimate of drug-likeness (QED) is 0.539. The minimum Gasteiger partial charge on any atom is -0.482 e. The topological polar surface area (TPSA) is 58.6 Å². The summed E-state index contributed by atoms with van der Waals surface area (Å²) >= 11 is 18.3. The molecule has 2 aromatic rings. The molecule has 0 radical (unpaired) electrons. The van der Waals surface area contributed by atoms with Gasteiger partial charge in [-0.05, 0) is 49.6 Å². The molecule has 1 fully saturated rings. The first-order valence-electron chi connectivity index (χ1n) is 10.3. The Kier molecular flexibility index (Phi) is 8.47. The minimum absolute atomic E-state index is 0.163. The zero-order valence-electron chi connectivity index (χ0n) is 17.2. The first kappa shape index (κ1) is 23.7. The standard InChI is InChI=1S/C23H25Cl3N2O3/c1-15(23(30)27-17-6-2-3-7-17)28(13-16-10-11-18(24)20(26)12-16)22(29)14-31-21-9-5-4-8-19(21)25/h4-5,8-12,15,17H,2-3,6-7,13-14H2,1H3,(H,27,30). The fourth-order valence-electron chi connectivity index (χ4n) is 3.59. The molecule has 5 nitrogen and oxygen atoms in total. The summed E-state index contributed by atoms with van der Waals surface area (Å²) in [7, 11) is 0. The molecule has 0 aliphatic heterocycles. The lowest BCUT2D eigenvalue weighted by molar-refractivity contribution is -0.142. The molecule has 166 valence electrons. The number of carbonyl (C=O) groups is 2. The van der Waals surface area contributed by atoms with Crippen LogP contribution in [0.15, 0.2) is 42.5 Å². The summed E-state index contributed by atoms with van der Waals surface area (Å²) in [4.78, 5) is 27.4. The van der Waals surface area contributed by atoms with E-state index in [0.29, 0.717) is 20.8 Å². The average molecular weight is 484 g/mol. The summed E-state index contributed by atoms with van der Waals surface area (Å²) in [5.41, 5.74) is 0.765. The van der Waals surface area contributed by atoms with Crippen molar-refractivity contribution in [1.82, 2.24) is 10.2 Å². The van der Waals surface area contributed by atoms with Gasteiger partial charge >= 0.3 is 0 Å². The lowest BCUT2D eigenvalue weighted by atomic mass is 10.1. The van der Waals surface area contributed by atoms with E-state index in [9.17, 15) is 9.59 Å². The van der Waals surface area contributed by atoms with Crippen LogP contribution in [-0.2, 0) is 16.1 Å². The summed E-state index contributed by atoms with van der Waals surface area (Å²) in [6, 6.07) is 11.6. The Bertz CT molecular complexity index is 932. The molecule has 1 unspecified atom stereocenters. The van der Waals surface area contributed by atoms with E-state index in [4.69, 9.17) is 39.5 Å². The van der Waals surface area contributed by atoms with Gasteiger partial charge in [0.2, 0.25) is 5.91 Å². The van der Waals surface area contributed by atoms with Gasteiger partial charge in [0.1, 0.15) is 11.8 Å². The van der Waals surface area contributed by atoms with Crippen LogP contribution < -0.4 is 10.1 Å². The van der Waals surface area contributed by atoms with Crippen LogP contribution in [0.5, 0.6) is 5.75 Å². The third-order valence-electron chi connectivity index (χ3n) is 5.39. The Morgan fingerprint density at radius 2 is 1.77 bits per heavy atom. The van der Waals surface area contributed by atoms with Crippen LogP contribution in [0.4, 0.5) is 0 Å². The van der Waals surface area contributed by atoms with Crippen molar-refractivity contribution in [3.63, 3.8) is 0 Å². The largest absolute Gasteiger partial charge is 0.482 e. The molecule has 0 aromatic heterocycles. The first-order valence-corrected chi connectivity index (χ1v) is 11.4. The average Bonchev–Trinajstić information content (AvgIpc) is 3.26. The Morgan fingerprint density at radius 3 is 2.45 bits per heavy atom. The molecule has 1 N–H and O–H groups in total. The van der Waals surface area contributed by atoms with Crippen molar-refractivity contribution in [3.8, 4) is 5.75 Å². The SMILES string of the molecule is CC(C(=O)NC1CCCC1)N(Cc1ccc(Cl)c(Cl)c1)C(=O)COc1ccccc1Cl. The molecule has 31 heavy (non-hydrogen) atoms. The van der Waals surface area contributed by atoms with Gasteiger partial charge in [-0.3, -0.25) is 9.59 Å². The van der Waals surface area contributed by atoms with Gasteiger partial charge in [0.05, 0.1) is 15.1 Å². The predicted molar refractivity (Wildman–Crippen MR) is 124 cm³/mol. The van der Waals surface area contributed by atoms with E-state index in [1.54, 1.807) is 49.4 Å². The maximum absolute atomic E-state index is 13.1. The Balaban J connectivity index is 1.74. The molecule has 2 amide bonds. The highest BCUT2D eigenvalue weighted by atomic mass is 35.5. The van der Waals surface area contributed by atoms with Gasteiger partial charge in [-0.1, -0.05) is 65.8 Å². The highest BCUT2D eigenvalue weighted by Crippen LogP contribution is 2.25. The molecular weight excluding hydrogens is 459 g/mol. The van der Waals surface area contributed by atoms with E-state index in [0.717, 1.165) is 31.2 Å².